The molecule has 0 spiro atoms. The van der Waals surface area contributed by atoms with Crippen LogP contribution in [0, 0.1) is 0 Å². The number of benzene rings is 1. The Morgan fingerprint density at radius 3 is 2.82 bits per heavy atom. The molecule has 2 amide bonds. The molecule has 2 aliphatic rings. The molecule has 28 heavy (non-hydrogen) atoms. The highest BCUT2D eigenvalue weighted by Crippen LogP contribution is 2.35. The topological polar surface area (TPSA) is 88.1 Å². The molecule has 2 aliphatic heterocycles. The van der Waals surface area contributed by atoms with E-state index in [4.69, 9.17) is 21.7 Å². The Bertz CT molecular complexity index is 829. The van der Waals surface area contributed by atoms with E-state index in [2.05, 4.69) is 5.32 Å². The van der Waals surface area contributed by atoms with E-state index in [1.165, 1.54) is 12.0 Å². The van der Waals surface area contributed by atoms with Crippen molar-refractivity contribution in [2.45, 2.75) is 12.1 Å². The number of aliphatic hydroxyl groups excluding tert-OH is 1. The summed E-state index contributed by atoms with van der Waals surface area (Å²) < 4.78 is 10.9. The van der Waals surface area contributed by atoms with Gasteiger partial charge >= 0.3 is 0 Å². The minimum Gasteiger partial charge on any atom is -0.497 e. The highest BCUT2D eigenvalue weighted by molar-refractivity contribution is 8.26. The van der Waals surface area contributed by atoms with Gasteiger partial charge in [0.15, 0.2) is 0 Å². The second-order valence-electron chi connectivity index (χ2n) is 6.15. The number of nitrogens with one attached hydrogen (secondary N) is 1. The predicted molar refractivity (Wildman–Crippen MR) is 115 cm³/mol. The highest BCUT2D eigenvalue weighted by atomic mass is 32.2. The number of rotatable bonds is 6. The minimum absolute atomic E-state index is 0.171. The third-order valence-electron chi connectivity index (χ3n) is 4.30. The zero-order chi connectivity index (χ0) is 20.3. The first kappa shape index (κ1) is 21.0. The van der Waals surface area contributed by atoms with Gasteiger partial charge in [0.05, 0.1) is 31.3 Å². The summed E-state index contributed by atoms with van der Waals surface area (Å²) in [5.41, 5.74) is 0.708. The normalized spacial score (nSPS) is 23.4. The molecule has 3 rings (SSSR count). The van der Waals surface area contributed by atoms with Crippen LogP contribution in [-0.4, -0.2) is 70.6 Å². The predicted octanol–water partition coefficient (Wildman–Crippen LogP) is 1.50. The zero-order valence-electron chi connectivity index (χ0n) is 15.3. The van der Waals surface area contributed by atoms with Gasteiger partial charge in [-0.3, -0.25) is 14.5 Å². The summed E-state index contributed by atoms with van der Waals surface area (Å²) >= 11 is 8.00. The van der Waals surface area contributed by atoms with Crippen molar-refractivity contribution in [2.75, 3.05) is 32.3 Å². The molecule has 2 N–H and O–H groups in total. The molecule has 1 aromatic carbocycles. The minimum atomic E-state index is -0.567. The highest BCUT2D eigenvalue weighted by Gasteiger charge is 2.35. The first-order valence-electron chi connectivity index (χ1n) is 8.45. The van der Waals surface area contributed by atoms with E-state index in [1.54, 1.807) is 43.1 Å². The van der Waals surface area contributed by atoms with Gasteiger partial charge in [0.1, 0.15) is 22.4 Å². The SMILES string of the molecule is COc1ccc(C=C2SC(=S)N(CC(=O)NC3CSCC3O)C2=O)c(OC)c1. The van der Waals surface area contributed by atoms with Crippen molar-refractivity contribution in [3.63, 3.8) is 0 Å². The lowest BCUT2D eigenvalue weighted by Crippen LogP contribution is -2.47. The second-order valence-corrected chi connectivity index (χ2v) is 8.91. The Kier molecular flexibility index (Phi) is 6.86. The summed E-state index contributed by atoms with van der Waals surface area (Å²) in [6.07, 6.45) is 1.12. The molecule has 2 unspecified atom stereocenters. The van der Waals surface area contributed by atoms with Gasteiger partial charge in [0.25, 0.3) is 5.91 Å². The average molecular weight is 441 g/mol. The van der Waals surface area contributed by atoms with Gasteiger partial charge in [0.2, 0.25) is 5.91 Å². The lowest BCUT2D eigenvalue weighted by molar-refractivity contribution is -0.129. The molecule has 0 aliphatic carbocycles. The van der Waals surface area contributed by atoms with Gasteiger partial charge in [-0.15, -0.1) is 0 Å². The van der Waals surface area contributed by atoms with Crippen LogP contribution < -0.4 is 14.8 Å². The van der Waals surface area contributed by atoms with Crippen LogP contribution in [0.25, 0.3) is 6.08 Å². The van der Waals surface area contributed by atoms with Crippen molar-refractivity contribution in [1.82, 2.24) is 10.2 Å². The van der Waals surface area contributed by atoms with Crippen molar-refractivity contribution in [2.24, 2.45) is 0 Å². The van der Waals surface area contributed by atoms with Crippen LogP contribution in [-0.2, 0) is 9.59 Å². The number of thiocarbonyl (C=S) groups is 1. The van der Waals surface area contributed by atoms with Crippen molar-refractivity contribution in [3.05, 3.63) is 28.7 Å². The molecule has 0 bridgehead atoms. The Morgan fingerprint density at radius 1 is 1.39 bits per heavy atom. The van der Waals surface area contributed by atoms with Crippen molar-refractivity contribution in [3.8, 4) is 11.5 Å². The van der Waals surface area contributed by atoms with Crippen LogP contribution in [0.2, 0.25) is 0 Å². The maximum Gasteiger partial charge on any atom is 0.266 e. The molecular formula is C18H20N2O5S3. The van der Waals surface area contributed by atoms with E-state index in [-0.39, 0.29) is 24.4 Å². The molecule has 2 atom stereocenters. The molecule has 7 nitrogen and oxygen atoms in total. The summed E-state index contributed by atoms with van der Waals surface area (Å²) in [7, 11) is 3.10. The molecule has 10 heteroatoms. The lowest BCUT2D eigenvalue weighted by Gasteiger charge is -2.18. The van der Waals surface area contributed by atoms with Gasteiger partial charge < -0.3 is 19.9 Å². The molecule has 2 fully saturated rings. The fraction of sp³-hybridized carbons (Fsp3) is 0.389. The number of amides is 2. The lowest BCUT2D eigenvalue weighted by atomic mass is 10.1. The Morgan fingerprint density at radius 2 is 2.18 bits per heavy atom. The van der Waals surface area contributed by atoms with Crippen LogP contribution in [0.15, 0.2) is 23.1 Å². The van der Waals surface area contributed by atoms with E-state index < -0.39 is 6.10 Å². The number of hydrogen-bond donors (Lipinski definition) is 2. The Labute approximate surface area is 176 Å². The first-order chi connectivity index (χ1) is 13.4. The third kappa shape index (κ3) is 4.62. The van der Waals surface area contributed by atoms with Crippen LogP contribution in [0.1, 0.15) is 5.56 Å². The first-order valence-corrected chi connectivity index (χ1v) is 10.8. The number of aliphatic hydroxyl groups is 1. The molecule has 1 aromatic rings. The quantitative estimate of drug-likeness (QED) is 0.508. The van der Waals surface area contributed by atoms with E-state index in [0.29, 0.717) is 37.8 Å². The fourth-order valence-electron chi connectivity index (χ4n) is 2.79. The van der Waals surface area contributed by atoms with Gasteiger partial charge in [-0.05, 0) is 18.2 Å². The number of carbonyl (C=O) groups excluding carboxylic acids is 2. The van der Waals surface area contributed by atoms with E-state index >= 15 is 0 Å². The largest absolute Gasteiger partial charge is 0.497 e. The van der Waals surface area contributed by atoms with Gasteiger partial charge in [-0.1, -0.05) is 24.0 Å². The maximum atomic E-state index is 12.7. The summed E-state index contributed by atoms with van der Waals surface area (Å²) in [4.78, 5) is 26.7. The second kappa shape index (κ2) is 9.17. The van der Waals surface area contributed by atoms with Crippen molar-refractivity contribution in [1.29, 1.82) is 0 Å². The molecule has 2 heterocycles. The van der Waals surface area contributed by atoms with Gasteiger partial charge in [0, 0.05) is 23.1 Å². The van der Waals surface area contributed by atoms with Crippen LogP contribution >= 0.6 is 35.7 Å². The van der Waals surface area contributed by atoms with E-state index in [9.17, 15) is 14.7 Å². The monoisotopic (exact) mass is 440 g/mol. The Hall–Kier alpha value is -1.75. The number of nitrogens with zero attached hydrogens (tertiary/aromatic N) is 1. The van der Waals surface area contributed by atoms with Gasteiger partial charge in [-0.25, -0.2) is 0 Å². The molecule has 2 saturated heterocycles. The van der Waals surface area contributed by atoms with Crippen molar-refractivity contribution >= 4 is 58.0 Å². The summed E-state index contributed by atoms with van der Waals surface area (Å²) in [6, 6.07) is 4.99. The van der Waals surface area contributed by atoms with Gasteiger partial charge in [-0.2, -0.15) is 11.8 Å². The summed E-state index contributed by atoms with van der Waals surface area (Å²) in [6.45, 7) is -0.171. The standard InChI is InChI=1S/C18H20N2O5S3/c1-24-11-4-3-10(14(6-11)25-2)5-15-17(23)20(18(26)28-15)7-16(22)19-12-8-27-9-13(12)21/h3-6,12-13,21H,7-9H2,1-2H3,(H,19,22). The fourth-order valence-corrected chi connectivity index (χ4v) is 5.21. The molecule has 0 aromatic heterocycles. The number of carbonyl (C=O) groups is 2. The van der Waals surface area contributed by atoms with Crippen LogP contribution in [0.4, 0.5) is 0 Å². The number of thioether (sulfide) groups is 2. The summed E-state index contributed by atoms with van der Waals surface area (Å²) in [5, 5.41) is 12.6. The molecule has 150 valence electrons. The Balaban J connectivity index is 1.71. The number of hydrogen-bond acceptors (Lipinski definition) is 8. The van der Waals surface area contributed by atoms with Crippen LogP contribution in [0.5, 0.6) is 11.5 Å². The van der Waals surface area contributed by atoms with Crippen molar-refractivity contribution < 1.29 is 24.2 Å². The van der Waals surface area contributed by atoms with Crippen LogP contribution in [0.3, 0.4) is 0 Å². The maximum absolute atomic E-state index is 12.7. The zero-order valence-corrected chi connectivity index (χ0v) is 17.8. The average Bonchev–Trinajstić information content (AvgIpc) is 3.19. The molecular weight excluding hydrogens is 420 g/mol. The third-order valence-corrected chi connectivity index (χ3v) is 6.85. The van der Waals surface area contributed by atoms with E-state index in [0.717, 1.165) is 11.8 Å². The molecule has 0 radical (unpaired) electrons. The smallest absolute Gasteiger partial charge is 0.266 e. The summed E-state index contributed by atoms with van der Waals surface area (Å²) in [5.74, 6) is 1.79. The number of ether oxygens (including phenoxy) is 2. The molecule has 0 saturated carbocycles. The van der Waals surface area contributed by atoms with E-state index in [1.807, 2.05) is 0 Å². The number of methoxy groups -OCH3 is 2.